The van der Waals surface area contributed by atoms with Crippen LogP contribution in [0.4, 0.5) is 17.6 Å². The van der Waals surface area contributed by atoms with E-state index in [-0.39, 0.29) is 11.4 Å². The van der Waals surface area contributed by atoms with Gasteiger partial charge in [-0.1, -0.05) is 23.2 Å². The number of aromatic nitrogens is 2. The van der Waals surface area contributed by atoms with E-state index in [2.05, 4.69) is 9.94 Å². The fraction of sp³-hybridized carbons (Fsp3) is 0.545. The first-order chi connectivity index (χ1) is 9.99. The molecule has 1 heterocycles. The van der Waals surface area contributed by atoms with E-state index in [9.17, 15) is 17.6 Å². The molecule has 0 saturated heterocycles. The second-order valence-corrected chi connectivity index (χ2v) is 7.21. The van der Waals surface area contributed by atoms with Crippen LogP contribution in [-0.2, 0) is 6.54 Å². The van der Waals surface area contributed by atoms with Gasteiger partial charge in [-0.15, -0.1) is 0 Å². The van der Waals surface area contributed by atoms with Gasteiger partial charge >= 0.3 is 15.6 Å². The van der Waals surface area contributed by atoms with Gasteiger partial charge in [0.15, 0.2) is 6.07 Å². The maximum atomic E-state index is 13.0. The van der Waals surface area contributed by atoms with E-state index in [1.54, 1.807) is 6.07 Å². The predicted octanol–water partition coefficient (Wildman–Crippen LogP) is 4.56. The van der Waals surface area contributed by atoms with Crippen LogP contribution in [0.1, 0.15) is 12.8 Å². The normalized spacial score (nSPS) is 14.9. The summed E-state index contributed by atoms with van der Waals surface area (Å²) >= 11 is 10.7. The standard InChI is InChI=1S/C11H8Cl2F4N4S/c1-19-9(6-18,2-3-10(14,15)16)7-21-5-8(4-20-21)22-11(12,13)17/h4-5H,2-3,7H2. The number of nitrogens with zero attached hydrogens (tertiary/aromatic N) is 4. The zero-order chi connectivity index (χ0) is 17.0. The highest BCUT2D eigenvalue weighted by atomic mass is 35.5. The van der Waals surface area contributed by atoms with E-state index in [0.29, 0.717) is 11.8 Å². The third kappa shape index (κ3) is 6.30. The molecule has 0 N–H and O–H groups in total. The summed E-state index contributed by atoms with van der Waals surface area (Å²) in [5.74, 6) is 0. The molecule has 0 aliphatic heterocycles. The molecule has 11 heteroatoms. The van der Waals surface area contributed by atoms with Crippen molar-refractivity contribution >= 4 is 35.0 Å². The Labute approximate surface area is 137 Å². The number of nitriles is 1. The van der Waals surface area contributed by atoms with Gasteiger partial charge in [0.2, 0.25) is 0 Å². The molecule has 0 aromatic carbocycles. The van der Waals surface area contributed by atoms with E-state index in [0.717, 1.165) is 4.68 Å². The van der Waals surface area contributed by atoms with Gasteiger partial charge in [0.05, 0.1) is 23.9 Å². The van der Waals surface area contributed by atoms with Crippen molar-refractivity contribution in [3.63, 3.8) is 0 Å². The third-order valence-corrected chi connectivity index (χ3v) is 3.65. The van der Waals surface area contributed by atoms with E-state index in [4.69, 9.17) is 35.0 Å². The fourth-order valence-electron chi connectivity index (χ4n) is 1.52. The van der Waals surface area contributed by atoms with Crippen LogP contribution in [0.5, 0.6) is 0 Å². The zero-order valence-electron chi connectivity index (χ0n) is 10.7. The predicted molar refractivity (Wildman–Crippen MR) is 73.9 cm³/mol. The molecule has 1 atom stereocenters. The largest absolute Gasteiger partial charge is 0.389 e. The average molecular weight is 375 g/mol. The molecule has 22 heavy (non-hydrogen) atoms. The maximum absolute atomic E-state index is 13.0. The smallest absolute Gasteiger partial charge is 0.292 e. The Hall–Kier alpha value is -1.16. The summed E-state index contributed by atoms with van der Waals surface area (Å²) < 4.78 is 48.4. The Balaban J connectivity index is 2.84. The number of rotatable bonds is 6. The fourth-order valence-corrected chi connectivity index (χ4v) is 2.60. The molecule has 0 spiro atoms. The highest BCUT2D eigenvalue weighted by Crippen LogP contribution is 2.41. The first-order valence-electron chi connectivity index (χ1n) is 5.63. The summed E-state index contributed by atoms with van der Waals surface area (Å²) in [5.41, 5.74) is -1.90. The van der Waals surface area contributed by atoms with Gasteiger partial charge in [-0.2, -0.15) is 27.9 Å². The van der Waals surface area contributed by atoms with E-state index < -0.39 is 28.5 Å². The molecule has 0 radical (unpaired) electrons. The molecule has 1 aromatic heterocycles. The first-order valence-corrected chi connectivity index (χ1v) is 7.21. The van der Waals surface area contributed by atoms with E-state index >= 15 is 0 Å². The summed E-state index contributed by atoms with van der Waals surface area (Å²) in [6.07, 6.45) is -3.99. The maximum Gasteiger partial charge on any atom is 0.389 e. The Kier molecular flexibility index (Phi) is 5.96. The summed E-state index contributed by atoms with van der Waals surface area (Å²) in [4.78, 5) is 3.22. The van der Waals surface area contributed by atoms with E-state index in [1.165, 1.54) is 12.4 Å². The Morgan fingerprint density at radius 2 is 2.00 bits per heavy atom. The second kappa shape index (κ2) is 6.95. The zero-order valence-corrected chi connectivity index (χ0v) is 13.1. The monoisotopic (exact) mass is 374 g/mol. The molecule has 1 rings (SSSR count). The quantitative estimate of drug-likeness (QED) is 0.317. The number of hydrogen-bond donors (Lipinski definition) is 0. The van der Waals surface area contributed by atoms with Crippen LogP contribution in [0.25, 0.3) is 4.85 Å². The lowest BCUT2D eigenvalue weighted by molar-refractivity contribution is -0.137. The van der Waals surface area contributed by atoms with Gasteiger partial charge in [0, 0.05) is 6.20 Å². The van der Waals surface area contributed by atoms with Gasteiger partial charge in [-0.25, -0.2) is 6.57 Å². The van der Waals surface area contributed by atoms with Crippen molar-refractivity contribution in [2.45, 2.75) is 39.9 Å². The Morgan fingerprint density at radius 3 is 2.45 bits per heavy atom. The molecule has 1 unspecified atom stereocenters. The van der Waals surface area contributed by atoms with Crippen LogP contribution in [0.2, 0.25) is 0 Å². The minimum atomic E-state index is -4.47. The van der Waals surface area contributed by atoms with Crippen molar-refractivity contribution in [3.05, 3.63) is 23.8 Å². The number of alkyl halides is 6. The van der Waals surface area contributed by atoms with Crippen molar-refractivity contribution in [1.29, 1.82) is 5.26 Å². The first kappa shape index (κ1) is 18.9. The molecule has 0 bridgehead atoms. The molecular formula is C11H8Cl2F4N4S. The van der Waals surface area contributed by atoms with Crippen LogP contribution in [0, 0.1) is 17.9 Å². The topological polar surface area (TPSA) is 46.0 Å². The summed E-state index contributed by atoms with van der Waals surface area (Å²) in [7, 11) is 0. The SMILES string of the molecule is [C-]#[N+]C(C#N)(CCC(F)(F)F)Cn1cc(SC(F)(Cl)Cl)cn1. The van der Waals surface area contributed by atoms with Gasteiger partial charge in [0.1, 0.15) is 6.54 Å². The highest BCUT2D eigenvalue weighted by Gasteiger charge is 2.42. The molecule has 0 aliphatic carbocycles. The van der Waals surface area contributed by atoms with Gasteiger partial charge in [0.25, 0.3) is 0 Å². The number of thioether (sulfide) groups is 1. The molecule has 1 aromatic rings. The molecular weight excluding hydrogens is 367 g/mol. The van der Waals surface area contributed by atoms with Crippen LogP contribution < -0.4 is 0 Å². The van der Waals surface area contributed by atoms with Crippen molar-refractivity contribution in [3.8, 4) is 6.07 Å². The van der Waals surface area contributed by atoms with Crippen LogP contribution >= 0.6 is 35.0 Å². The molecule has 0 amide bonds. The van der Waals surface area contributed by atoms with Gasteiger partial charge in [-0.05, 0) is 11.8 Å². The summed E-state index contributed by atoms with van der Waals surface area (Å²) in [5, 5.41) is 12.8. The minimum absolute atomic E-state index is 0.208. The second-order valence-electron chi connectivity index (χ2n) is 4.29. The van der Waals surface area contributed by atoms with Crippen LogP contribution in [-0.4, -0.2) is 25.4 Å². The number of halogens is 6. The molecule has 0 aliphatic rings. The molecule has 120 valence electrons. The molecule has 4 nitrogen and oxygen atoms in total. The minimum Gasteiger partial charge on any atom is -0.292 e. The Morgan fingerprint density at radius 1 is 1.36 bits per heavy atom. The van der Waals surface area contributed by atoms with Crippen LogP contribution in [0.15, 0.2) is 17.3 Å². The van der Waals surface area contributed by atoms with Crippen molar-refractivity contribution in [2.24, 2.45) is 0 Å². The highest BCUT2D eigenvalue weighted by molar-refractivity contribution is 8.03. The lowest BCUT2D eigenvalue weighted by Gasteiger charge is -2.15. The average Bonchev–Trinajstić information content (AvgIpc) is 2.78. The number of hydrogen-bond acceptors (Lipinski definition) is 3. The lowest BCUT2D eigenvalue weighted by Crippen LogP contribution is -2.31. The van der Waals surface area contributed by atoms with Crippen molar-refractivity contribution in [1.82, 2.24) is 9.78 Å². The van der Waals surface area contributed by atoms with Crippen LogP contribution in [0.3, 0.4) is 0 Å². The van der Waals surface area contributed by atoms with E-state index in [1.807, 2.05) is 0 Å². The summed E-state index contributed by atoms with van der Waals surface area (Å²) in [6.45, 7) is 6.62. The Bertz CT molecular complexity index is 583. The van der Waals surface area contributed by atoms with Crippen molar-refractivity contribution < 1.29 is 17.6 Å². The lowest BCUT2D eigenvalue weighted by atomic mass is 9.96. The third-order valence-electron chi connectivity index (χ3n) is 2.51. The summed E-state index contributed by atoms with van der Waals surface area (Å²) in [6, 6.07) is 1.60. The molecule has 0 saturated carbocycles. The van der Waals surface area contributed by atoms with Gasteiger partial charge < -0.3 is 0 Å². The van der Waals surface area contributed by atoms with Crippen molar-refractivity contribution in [2.75, 3.05) is 0 Å². The molecule has 0 fully saturated rings. The van der Waals surface area contributed by atoms with Gasteiger partial charge in [-0.3, -0.25) is 9.53 Å².